The molecule has 0 fully saturated rings. The van der Waals surface area contributed by atoms with Gasteiger partial charge in [-0.25, -0.2) is 4.79 Å². The predicted molar refractivity (Wildman–Crippen MR) is 38.0 cm³/mol. The number of carboxylic acid groups (broad SMARTS) is 1. The Bertz CT molecular complexity index is 168. The average Bonchev–Trinajstić information content (AvgIpc) is 1.98. The highest BCUT2D eigenvalue weighted by atomic mass is 19.3. The minimum absolute atomic E-state index is 0.286. The van der Waals surface area contributed by atoms with Crippen LogP contribution in [0.5, 0.6) is 0 Å². The molecular weight excluding hydrogens is 170 g/mol. The van der Waals surface area contributed by atoms with Gasteiger partial charge in [0, 0.05) is 0 Å². The summed E-state index contributed by atoms with van der Waals surface area (Å²) in [6.07, 6.45) is -1.66. The molecule has 0 aliphatic rings. The molecule has 3 nitrogen and oxygen atoms in total. The van der Waals surface area contributed by atoms with Crippen LogP contribution in [0.4, 0.5) is 8.78 Å². The Morgan fingerprint density at radius 3 is 2.67 bits per heavy atom. The zero-order valence-corrected chi connectivity index (χ0v) is 6.43. The molecule has 0 spiro atoms. The molecule has 0 amide bonds. The van der Waals surface area contributed by atoms with Crippen LogP contribution in [0.1, 0.15) is 12.8 Å². The van der Waals surface area contributed by atoms with Gasteiger partial charge in [0.15, 0.2) is 0 Å². The molecule has 0 saturated heterocycles. The summed E-state index contributed by atoms with van der Waals surface area (Å²) in [5, 5.41) is 7.90. The minimum atomic E-state index is -4.07. The Balaban J connectivity index is 3.61. The Hall–Kier alpha value is -0.970. The van der Waals surface area contributed by atoms with Crippen LogP contribution < -0.4 is 0 Å². The summed E-state index contributed by atoms with van der Waals surface area (Å²) < 4.78 is 28.1. The lowest BCUT2D eigenvalue weighted by atomic mass is 10.3. The number of rotatable bonds is 6. The monoisotopic (exact) mass is 180 g/mol. The Labute approximate surface area is 68.6 Å². The van der Waals surface area contributed by atoms with Gasteiger partial charge in [-0.1, -0.05) is 6.08 Å². The highest BCUT2D eigenvalue weighted by Crippen LogP contribution is 2.15. The number of hydrogen-bond donors (Lipinski definition) is 1. The van der Waals surface area contributed by atoms with Gasteiger partial charge in [-0.3, -0.25) is 0 Å². The molecule has 0 aliphatic carbocycles. The van der Waals surface area contributed by atoms with Crippen molar-refractivity contribution >= 4 is 5.97 Å². The van der Waals surface area contributed by atoms with Crippen LogP contribution in [0.3, 0.4) is 0 Å². The number of alkyl halides is 2. The van der Waals surface area contributed by atoms with E-state index in [4.69, 9.17) is 5.11 Å². The zero-order valence-electron chi connectivity index (χ0n) is 6.43. The van der Waals surface area contributed by atoms with Gasteiger partial charge < -0.3 is 9.84 Å². The SMILES string of the molecule is C=CCCCOC(F)(F)C(=O)O. The third-order valence-electron chi connectivity index (χ3n) is 1.08. The van der Waals surface area contributed by atoms with E-state index < -0.39 is 12.1 Å². The summed E-state index contributed by atoms with van der Waals surface area (Å²) in [7, 11) is 0. The van der Waals surface area contributed by atoms with Crippen molar-refractivity contribution in [3.05, 3.63) is 12.7 Å². The van der Waals surface area contributed by atoms with Crippen molar-refractivity contribution in [3.8, 4) is 0 Å². The van der Waals surface area contributed by atoms with Crippen LogP contribution >= 0.6 is 0 Å². The number of hydrogen-bond acceptors (Lipinski definition) is 2. The molecule has 0 bridgehead atoms. The second kappa shape index (κ2) is 4.82. The fourth-order valence-electron chi connectivity index (χ4n) is 0.490. The Kier molecular flexibility index (Phi) is 4.43. The lowest BCUT2D eigenvalue weighted by molar-refractivity contribution is -0.245. The smallest absolute Gasteiger partial charge is 0.455 e. The summed E-state index contributed by atoms with van der Waals surface area (Å²) in [5.41, 5.74) is 0. The van der Waals surface area contributed by atoms with Crippen molar-refractivity contribution in [2.24, 2.45) is 0 Å². The van der Waals surface area contributed by atoms with Gasteiger partial charge in [0.1, 0.15) is 0 Å². The van der Waals surface area contributed by atoms with Crippen LogP contribution in [-0.4, -0.2) is 23.8 Å². The zero-order chi connectivity index (χ0) is 9.61. The topological polar surface area (TPSA) is 46.5 Å². The number of carbonyl (C=O) groups is 1. The van der Waals surface area contributed by atoms with Crippen LogP contribution in [-0.2, 0) is 9.53 Å². The summed E-state index contributed by atoms with van der Waals surface area (Å²) in [4.78, 5) is 9.79. The largest absolute Gasteiger partial charge is 0.475 e. The molecule has 0 saturated carbocycles. The molecular formula is C7H10F2O3. The maximum atomic E-state index is 12.1. The molecule has 12 heavy (non-hydrogen) atoms. The highest BCUT2D eigenvalue weighted by Gasteiger charge is 2.40. The van der Waals surface area contributed by atoms with Gasteiger partial charge in [-0.15, -0.1) is 6.58 Å². The van der Waals surface area contributed by atoms with Crippen molar-refractivity contribution in [2.75, 3.05) is 6.61 Å². The van der Waals surface area contributed by atoms with Crippen molar-refractivity contribution in [1.82, 2.24) is 0 Å². The molecule has 0 atom stereocenters. The highest BCUT2D eigenvalue weighted by molar-refractivity contribution is 5.73. The molecule has 0 aromatic heterocycles. The number of allylic oxidation sites excluding steroid dienone is 1. The summed E-state index contributed by atoms with van der Waals surface area (Å²) in [6.45, 7) is 3.08. The van der Waals surface area contributed by atoms with Crippen molar-refractivity contribution in [3.63, 3.8) is 0 Å². The first kappa shape index (κ1) is 11.0. The van der Waals surface area contributed by atoms with Gasteiger partial charge in [0.2, 0.25) is 0 Å². The summed E-state index contributed by atoms with van der Waals surface area (Å²) in [5.74, 6) is -2.26. The normalized spacial score (nSPS) is 11.2. The summed E-state index contributed by atoms with van der Waals surface area (Å²) >= 11 is 0. The molecule has 0 heterocycles. The first-order valence-electron chi connectivity index (χ1n) is 3.36. The van der Waals surface area contributed by atoms with Gasteiger partial charge in [0.05, 0.1) is 6.61 Å². The van der Waals surface area contributed by atoms with E-state index in [1.165, 1.54) is 0 Å². The quantitative estimate of drug-likeness (QED) is 0.499. The van der Waals surface area contributed by atoms with E-state index in [-0.39, 0.29) is 6.61 Å². The van der Waals surface area contributed by atoms with Crippen molar-refractivity contribution in [1.29, 1.82) is 0 Å². The van der Waals surface area contributed by atoms with Crippen molar-refractivity contribution < 1.29 is 23.4 Å². The molecule has 0 radical (unpaired) electrons. The van der Waals surface area contributed by atoms with E-state index in [1.54, 1.807) is 6.08 Å². The molecule has 0 aromatic rings. The van der Waals surface area contributed by atoms with E-state index in [2.05, 4.69) is 11.3 Å². The average molecular weight is 180 g/mol. The third-order valence-corrected chi connectivity index (χ3v) is 1.08. The van der Waals surface area contributed by atoms with Crippen LogP contribution in [0.15, 0.2) is 12.7 Å². The van der Waals surface area contributed by atoms with Crippen LogP contribution in [0, 0.1) is 0 Å². The molecule has 0 rings (SSSR count). The molecule has 0 unspecified atom stereocenters. The first-order valence-corrected chi connectivity index (χ1v) is 3.36. The molecule has 0 aliphatic heterocycles. The fourth-order valence-corrected chi connectivity index (χ4v) is 0.490. The van der Waals surface area contributed by atoms with Gasteiger partial charge in [-0.05, 0) is 12.8 Å². The lowest BCUT2D eigenvalue weighted by Crippen LogP contribution is -2.31. The second-order valence-electron chi connectivity index (χ2n) is 2.10. The molecule has 70 valence electrons. The maximum absolute atomic E-state index is 12.1. The van der Waals surface area contributed by atoms with Gasteiger partial charge >= 0.3 is 12.1 Å². The van der Waals surface area contributed by atoms with E-state index in [0.717, 1.165) is 0 Å². The standard InChI is InChI=1S/C7H10F2O3/c1-2-3-4-5-12-7(8,9)6(10)11/h2H,1,3-5H2,(H,10,11). The van der Waals surface area contributed by atoms with E-state index in [9.17, 15) is 13.6 Å². The maximum Gasteiger partial charge on any atom is 0.455 e. The van der Waals surface area contributed by atoms with Gasteiger partial charge in [0.25, 0.3) is 0 Å². The van der Waals surface area contributed by atoms with Gasteiger partial charge in [-0.2, -0.15) is 8.78 Å². The predicted octanol–water partition coefficient (Wildman–Crippen LogP) is 1.65. The molecule has 5 heteroatoms. The number of unbranched alkanes of at least 4 members (excludes halogenated alkanes) is 1. The number of aliphatic carboxylic acids is 1. The lowest BCUT2D eigenvalue weighted by Gasteiger charge is -2.10. The Morgan fingerprint density at radius 1 is 1.67 bits per heavy atom. The second-order valence-corrected chi connectivity index (χ2v) is 2.10. The minimum Gasteiger partial charge on any atom is -0.475 e. The number of ether oxygens (including phenoxy) is 1. The van der Waals surface area contributed by atoms with E-state index in [0.29, 0.717) is 12.8 Å². The van der Waals surface area contributed by atoms with E-state index in [1.807, 2.05) is 0 Å². The number of carboxylic acids is 1. The third kappa shape index (κ3) is 4.02. The first-order chi connectivity index (χ1) is 5.50. The Morgan fingerprint density at radius 2 is 2.25 bits per heavy atom. The molecule has 1 N–H and O–H groups in total. The summed E-state index contributed by atoms with van der Waals surface area (Å²) in [6, 6.07) is 0. The van der Waals surface area contributed by atoms with Crippen molar-refractivity contribution in [2.45, 2.75) is 19.0 Å². The van der Waals surface area contributed by atoms with Crippen LogP contribution in [0.2, 0.25) is 0 Å². The van der Waals surface area contributed by atoms with Crippen LogP contribution in [0.25, 0.3) is 0 Å². The number of halogens is 2. The molecule has 0 aromatic carbocycles. The fraction of sp³-hybridized carbons (Fsp3) is 0.571. The van der Waals surface area contributed by atoms with E-state index >= 15 is 0 Å².